The molecule has 0 saturated carbocycles. The number of carbonyl (C=O) groups is 1. The molecule has 0 atom stereocenters. The Hall–Kier alpha value is -3.63. The van der Waals surface area contributed by atoms with Crippen LogP contribution in [0.4, 0.5) is 4.39 Å². The van der Waals surface area contributed by atoms with E-state index in [9.17, 15) is 9.18 Å². The van der Waals surface area contributed by atoms with E-state index in [4.69, 9.17) is 14.5 Å². The summed E-state index contributed by atoms with van der Waals surface area (Å²) in [6, 6.07) is 30.0. The lowest BCUT2D eigenvalue weighted by Crippen LogP contribution is -2.23. The number of rotatable bonds is 10. The van der Waals surface area contributed by atoms with Gasteiger partial charge in [0.25, 0.3) is 5.91 Å². The minimum atomic E-state index is -0.465. The van der Waals surface area contributed by atoms with Gasteiger partial charge in [-0.15, -0.1) is 0 Å². The van der Waals surface area contributed by atoms with Gasteiger partial charge in [-0.1, -0.05) is 95.6 Å². The van der Waals surface area contributed by atoms with E-state index in [1.165, 1.54) is 12.1 Å². The van der Waals surface area contributed by atoms with Crippen molar-refractivity contribution >= 4 is 46.9 Å². The lowest BCUT2D eigenvalue weighted by molar-refractivity contribution is 0.0762. The van der Waals surface area contributed by atoms with Crippen molar-refractivity contribution < 1.29 is 18.7 Å². The van der Waals surface area contributed by atoms with Gasteiger partial charge in [0.05, 0.1) is 18.7 Å². The van der Waals surface area contributed by atoms with Crippen LogP contribution in [0.3, 0.4) is 0 Å². The second-order valence-corrected chi connectivity index (χ2v) is 12.2. The molecule has 0 bridgehead atoms. The molecular formula is C35H32FIN2O3S. The Morgan fingerprint density at radius 2 is 1.56 bits per heavy atom. The zero-order valence-electron chi connectivity index (χ0n) is 24.0. The van der Waals surface area contributed by atoms with Gasteiger partial charge in [-0.05, 0) is 62.2 Å². The highest BCUT2D eigenvalue weighted by Gasteiger charge is 2.37. The molecule has 0 saturated heterocycles. The van der Waals surface area contributed by atoms with E-state index < -0.39 is 6.10 Å². The predicted molar refractivity (Wildman–Crippen MR) is 180 cm³/mol. The van der Waals surface area contributed by atoms with Crippen LogP contribution in [0.1, 0.15) is 52.6 Å². The fraction of sp³-hybridized carbons (Fsp3) is 0.200. The van der Waals surface area contributed by atoms with Crippen molar-refractivity contribution in [1.29, 1.82) is 0 Å². The molecule has 0 N–H and O–H groups in total. The van der Waals surface area contributed by atoms with Gasteiger partial charge in [0.2, 0.25) is 0 Å². The van der Waals surface area contributed by atoms with Gasteiger partial charge in [-0.3, -0.25) is 9.78 Å². The summed E-state index contributed by atoms with van der Waals surface area (Å²) in [5.41, 5.74) is 4.59. The van der Waals surface area contributed by atoms with Crippen molar-refractivity contribution in [2.24, 2.45) is 0 Å². The number of hydrogen-bond acceptors (Lipinski definition) is 5. The molecule has 1 aliphatic rings. The van der Waals surface area contributed by atoms with Crippen LogP contribution in [0.5, 0.6) is 11.5 Å². The molecule has 1 aliphatic heterocycles. The number of ether oxygens (including phenoxy) is 2. The molecule has 220 valence electrons. The highest BCUT2D eigenvalue weighted by atomic mass is 127. The highest BCUT2D eigenvalue weighted by molar-refractivity contribution is 14.2. The summed E-state index contributed by atoms with van der Waals surface area (Å²) < 4.78 is 26.8. The molecule has 0 spiro atoms. The minimum Gasteiger partial charge on any atom is -0.492 e. The highest BCUT2D eigenvalue weighted by Crippen LogP contribution is 2.46. The standard InChI is InChI=1S/C33H26FIN2O3S.C2H6/c34-25-15-13-22(14-16-25)20-37-21-27-28(33(37)38)32(29-26(12-7-17-36-29)31(27)39-18-19-41-35)40-30(23-8-3-1-4-9-23)24-10-5-2-6-11-24;1-2/h1-17,30H,18-21H2;1-2H3. The van der Waals surface area contributed by atoms with E-state index in [1.807, 2.05) is 86.6 Å². The quantitative estimate of drug-likeness (QED) is 0.107. The lowest BCUT2D eigenvalue weighted by Gasteiger charge is -2.23. The molecule has 43 heavy (non-hydrogen) atoms. The summed E-state index contributed by atoms with van der Waals surface area (Å²) in [6.07, 6.45) is 1.25. The van der Waals surface area contributed by atoms with Crippen LogP contribution in [0.15, 0.2) is 103 Å². The van der Waals surface area contributed by atoms with E-state index in [0.29, 0.717) is 42.3 Å². The van der Waals surface area contributed by atoms with Crippen LogP contribution in [0.25, 0.3) is 10.9 Å². The maximum atomic E-state index is 14.2. The largest absolute Gasteiger partial charge is 0.492 e. The summed E-state index contributed by atoms with van der Waals surface area (Å²) in [5, 5.41) is 0.802. The lowest BCUT2D eigenvalue weighted by atomic mass is 9.99. The monoisotopic (exact) mass is 706 g/mol. The van der Waals surface area contributed by atoms with Crippen molar-refractivity contribution in [2.45, 2.75) is 33.0 Å². The van der Waals surface area contributed by atoms with E-state index in [-0.39, 0.29) is 11.7 Å². The Bertz CT molecular complexity index is 1630. The van der Waals surface area contributed by atoms with Gasteiger partial charge in [-0.25, -0.2) is 4.39 Å². The van der Waals surface area contributed by atoms with Crippen LogP contribution >= 0.6 is 30.1 Å². The molecule has 6 rings (SSSR count). The van der Waals surface area contributed by atoms with Gasteiger partial charge in [0.1, 0.15) is 23.2 Å². The number of fused-ring (bicyclic) bond motifs is 2. The third kappa shape index (κ3) is 6.80. The maximum absolute atomic E-state index is 14.2. The van der Waals surface area contributed by atoms with Crippen LogP contribution in [-0.2, 0) is 13.1 Å². The van der Waals surface area contributed by atoms with E-state index in [0.717, 1.165) is 33.4 Å². The molecule has 5 aromatic rings. The molecule has 0 unspecified atom stereocenters. The number of carbonyl (C=O) groups excluding carboxylic acids is 1. The van der Waals surface area contributed by atoms with Gasteiger partial charge in [0, 0.05) is 29.4 Å². The summed E-state index contributed by atoms with van der Waals surface area (Å²) >= 11 is 2.25. The molecular weight excluding hydrogens is 674 g/mol. The number of benzene rings is 4. The Kier molecular flexibility index (Phi) is 10.5. The third-order valence-corrected chi connectivity index (χ3v) is 8.70. The molecule has 0 fully saturated rings. The smallest absolute Gasteiger partial charge is 0.258 e. The van der Waals surface area contributed by atoms with Gasteiger partial charge in [0.15, 0.2) is 5.75 Å². The second-order valence-electron chi connectivity index (χ2n) is 9.68. The van der Waals surface area contributed by atoms with Gasteiger partial charge >= 0.3 is 0 Å². The van der Waals surface area contributed by atoms with Crippen molar-refractivity contribution in [3.8, 4) is 11.5 Å². The number of hydrogen-bond donors (Lipinski definition) is 0. The average Bonchev–Trinajstić information content (AvgIpc) is 3.38. The molecule has 5 nitrogen and oxygen atoms in total. The molecule has 1 amide bonds. The minimum absolute atomic E-state index is 0.167. The Morgan fingerprint density at radius 3 is 2.19 bits per heavy atom. The zero-order chi connectivity index (χ0) is 30.2. The second kappa shape index (κ2) is 14.7. The van der Waals surface area contributed by atoms with Crippen LogP contribution < -0.4 is 9.47 Å². The van der Waals surface area contributed by atoms with Gasteiger partial charge < -0.3 is 14.4 Å². The number of halogens is 2. The normalized spacial score (nSPS) is 12.2. The fourth-order valence-corrected chi connectivity index (χ4v) is 5.88. The van der Waals surface area contributed by atoms with Crippen molar-refractivity contribution in [3.05, 3.63) is 137 Å². The maximum Gasteiger partial charge on any atom is 0.258 e. The number of pyridine rings is 1. The molecule has 2 heterocycles. The molecule has 1 aromatic heterocycles. The number of nitrogens with zero attached hydrogens (tertiary/aromatic N) is 2. The first-order valence-corrected chi connectivity index (χ1v) is 17.8. The first kappa shape index (κ1) is 30.8. The average molecular weight is 707 g/mol. The number of aromatic nitrogens is 1. The summed E-state index contributed by atoms with van der Waals surface area (Å²) in [6.45, 7) is 5.18. The third-order valence-electron chi connectivity index (χ3n) is 7.05. The van der Waals surface area contributed by atoms with Gasteiger partial charge in [-0.2, -0.15) is 0 Å². The molecule has 0 radical (unpaired) electrons. The molecule has 0 aliphatic carbocycles. The summed E-state index contributed by atoms with van der Waals surface area (Å²) in [7, 11) is 1.67. The summed E-state index contributed by atoms with van der Waals surface area (Å²) in [5.74, 6) is 1.42. The summed E-state index contributed by atoms with van der Waals surface area (Å²) in [4.78, 5) is 20.6. The van der Waals surface area contributed by atoms with Crippen molar-refractivity contribution in [2.75, 3.05) is 12.4 Å². The Labute approximate surface area is 268 Å². The van der Waals surface area contributed by atoms with E-state index in [2.05, 4.69) is 21.2 Å². The SMILES string of the molecule is CC.O=C1c2c(c(OCCSI)c3cccnc3c2OC(c2ccccc2)c2ccccc2)CN1Cc1ccc(F)cc1. The Balaban J connectivity index is 0.00000180. The van der Waals surface area contributed by atoms with Crippen molar-refractivity contribution in [3.63, 3.8) is 0 Å². The fourth-order valence-electron chi connectivity index (χ4n) is 5.19. The van der Waals surface area contributed by atoms with Crippen LogP contribution in [0.2, 0.25) is 0 Å². The van der Waals surface area contributed by atoms with E-state index >= 15 is 0 Å². The molecule has 8 heteroatoms. The number of amides is 1. The zero-order valence-corrected chi connectivity index (χ0v) is 27.0. The van der Waals surface area contributed by atoms with Crippen molar-refractivity contribution in [1.82, 2.24) is 9.88 Å². The predicted octanol–water partition coefficient (Wildman–Crippen LogP) is 9.19. The van der Waals surface area contributed by atoms with Crippen LogP contribution in [0, 0.1) is 5.82 Å². The molecule has 4 aromatic carbocycles. The van der Waals surface area contributed by atoms with Crippen LogP contribution in [-0.4, -0.2) is 28.2 Å². The Morgan fingerprint density at radius 1 is 0.907 bits per heavy atom. The first-order valence-electron chi connectivity index (χ1n) is 14.2. The topological polar surface area (TPSA) is 51.7 Å². The van der Waals surface area contributed by atoms with E-state index in [1.54, 1.807) is 32.2 Å². The first-order chi connectivity index (χ1) is 21.1.